The first-order valence-electron chi connectivity index (χ1n) is 8.80. The monoisotopic (exact) mass is 341 g/mol. The van der Waals surface area contributed by atoms with E-state index in [1.165, 1.54) is 31.0 Å². The van der Waals surface area contributed by atoms with E-state index in [1.54, 1.807) is 25.1 Å². The predicted octanol–water partition coefficient (Wildman–Crippen LogP) is 4.26. The number of carbonyl (C=O) groups is 1. The number of carbonyl (C=O) groups excluding carboxylic acids is 1. The van der Waals surface area contributed by atoms with Crippen molar-refractivity contribution in [3.8, 4) is 0 Å². The number of benzene rings is 2. The van der Waals surface area contributed by atoms with Crippen LogP contribution in [0.4, 0.5) is 21.5 Å². The van der Waals surface area contributed by atoms with Gasteiger partial charge in [0.25, 0.3) is 0 Å². The van der Waals surface area contributed by atoms with E-state index in [0.717, 1.165) is 18.8 Å². The van der Waals surface area contributed by atoms with E-state index in [-0.39, 0.29) is 11.6 Å². The number of halogens is 1. The van der Waals surface area contributed by atoms with E-state index < -0.39 is 11.9 Å². The average Bonchev–Trinajstić information content (AvgIpc) is 2.65. The van der Waals surface area contributed by atoms with Crippen molar-refractivity contribution in [2.24, 2.45) is 0 Å². The van der Waals surface area contributed by atoms with Gasteiger partial charge >= 0.3 is 0 Å². The lowest BCUT2D eigenvalue weighted by atomic mass is 10.1. The van der Waals surface area contributed by atoms with Crippen LogP contribution >= 0.6 is 0 Å². The van der Waals surface area contributed by atoms with Gasteiger partial charge in [-0.1, -0.05) is 12.1 Å². The normalized spacial score (nSPS) is 15.5. The molecule has 5 heteroatoms. The van der Waals surface area contributed by atoms with Crippen molar-refractivity contribution in [3.63, 3.8) is 0 Å². The summed E-state index contributed by atoms with van der Waals surface area (Å²) in [6, 6.07) is 13.8. The number of hydrogen-bond donors (Lipinski definition) is 2. The third-order valence-corrected chi connectivity index (χ3v) is 4.50. The highest BCUT2D eigenvalue weighted by Gasteiger charge is 2.15. The van der Waals surface area contributed by atoms with Crippen LogP contribution in [0.5, 0.6) is 0 Å². The van der Waals surface area contributed by atoms with Crippen molar-refractivity contribution in [1.82, 2.24) is 0 Å². The van der Waals surface area contributed by atoms with Crippen LogP contribution in [-0.2, 0) is 4.79 Å². The Bertz CT molecular complexity index is 711. The molecule has 1 saturated heterocycles. The maximum Gasteiger partial charge on any atom is 0.246 e. The molecule has 0 aromatic heterocycles. The number of anilines is 3. The Balaban J connectivity index is 1.57. The van der Waals surface area contributed by atoms with Crippen LogP contribution in [0.1, 0.15) is 26.2 Å². The number of rotatable bonds is 5. The molecule has 0 unspecified atom stereocenters. The lowest BCUT2D eigenvalue weighted by Crippen LogP contribution is -2.32. The lowest BCUT2D eigenvalue weighted by Gasteiger charge is -2.29. The van der Waals surface area contributed by atoms with Crippen molar-refractivity contribution in [2.45, 2.75) is 32.2 Å². The molecular formula is C20H24FN3O. The lowest BCUT2D eigenvalue weighted by molar-refractivity contribution is -0.116. The van der Waals surface area contributed by atoms with E-state index in [9.17, 15) is 9.18 Å². The molecule has 3 rings (SSSR count). The zero-order valence-corrected chi connectivity index (χ0v) is 14.5. The highest BCUT2D eigenvalue weighted by Crippen LogP contribution is 2.22. The Morgan fingerprint density at radius 1 is 1.04 bits per heavy atom. The van der Waals surface area contributed by atoms with Gasteiger partial charge in [0.05, 0.1) is 5.69 Å². The minimum atomic E-state index is -0.472. The summed E-state index contributed by atoms with van der Waals surface area (Å²) in [7, 11) is 0. The van der Waals surface area contributed by atoms with Crippen molar-refractivity contribution in [3.05, 3.63) is 54.3 Å². The molecule has 1 amide bonds. The molecule has 25 heavy (non-hydrogen) atoms. The van der Waals surface area contributed by atoms with Crippen LogP contribution in [0.3, 0.4) is 0 Å². The van der Waals surface area contributed by atoms with Gasteiger partial charge in [-0.3, -0.25) is 4.79 Å². The molecule has 2 aromatic rings. The fourth-order valence-electron chi connectivity index (χ4n) is 3.04. The second-order valence-electron chi connectivity index (χ2n) is 6.43. The summed E-state index contributed by atoms with van der Waals surface area (Å²) in [6.45, 7) is 3.97. The molecule has 0 bridgehead atoms. The fourth-order valence-corrected chi connectivity index (χ4v) is 3.04. The van der Waals surface area contributed by atoms with Gasteiger partial charge in [-0.05, 0) is 62.6 Å². The summed E-state index contributed by atoms with van der Waals surface area (Å²) in [6.07, 6.45) is 3.80. The fraction of sp³-hybridized carbons (Fsp3) is 0.350. The van der Waals surface area contributed by atoms with Gasteiger partial charge in [-0.2, -0.15) is 0 Å². The van der Waals surface area contributed by atoms with Crippen molar-refractivity contribution in [2.75, 3.05) is 28.6 Å². The summed E-state index contributed by atoms with van der Waals surface area (Å²) >= 11 is 0. The molecule has 1 aliphatic heterocycles. The standard InChI is InChI=1S/C20H24FN3O/c1-15(20(25)23-19-8-4-3-7-18(19)21)22-16-9-11-17(12-10-16)24-13-5-2-6-14-24/h3-4,7-12,15,22H,2,5-6,13-14H2,1H3,(H,23,25)/t15-/m1/s1. The first-order valence-corrected chi connectivity index (χ1v) is 8.80. The highest BCUT2D eigenvalue weighted by atomic mass is 19.1. The van der Waals surface area contributed by atoms with E-state index >= 15 is 0 Å². The summed E-state index contributed by atoms with van der Waals surface area (Å²) in [4.78, 5) is 14.6. The Labute approximate surface area is 148 Å². The molecule has 132 valence electrons. The first-order chi connectivity index (χ1) is 12.1. The SMILES string of the molecule is C[C@@H](Nc1ccc(N2CCCCC2)cc1)C(=O)Nc1ccccc1F. The Morgan fingerprint density at radius 3 is 2.40 bits per heavy atom. The molecule has 0 radical (unpaired) electrons. The number of amides is 1. The topological polar surface area (TPSA) is 44.4 Å². The van der Waals surface area contributed by atoms with Crippen LogP contribution in [0.15, 0.2) is 48.5 Å². The molecule has 0 spiro atoms. The zero-order chi connectivity index (χ0) is 17.6. The molecule has 2 aromatic carbocycles. The minimum Gasteiger partial charge on any atom is -0.374 e. The van der Waals surface area contributed by atoms with Gasteiger partial charge in [0.2, 0.25) is 5.91 Å². The van der Waals surface area contributed by atoms with Crippen molar-refractivity contribution >= 4 is 23.0 Å². The molecule has 1 fully saturated rings. The number of hydrogen-bond acceptors (Lipinski definition) is 3. The third kappa shape index (κ3) is 4.50. The Hall–Kier alpha value is -2.56. The predicted molar refractivity (Wildman–Crippen MR) is 101 cm³/mol. The summed E-state index contributed by atoms with van der Waals surface area (Å²) in [5.41, 5.74) is 2.28. The van der Waals surface area contributed by atoms with E-state index in [2.05, 4.69) is 27.7 Å². The molecule has 0 aliphatic carbocycles. The molecule has 2 N–H and O–H groups in total. The molecule has 0 saturated carbocycles. The van der Waals surface area contributed by atoms with Crippen LogP contribution in [0, 0.1) is 5.82 Å². The quantitative estimate of drug-likeness (QED) is 0.854. The molecule has 1 heterocycles. The Kier molecular flexibility index (Phi) is 5.53. The highest BCUT2D eigenvalue weighted by molar-refractivity contribution is 5.96. The van der Waals surface area contributed by atoms with Gasteiger partial charge < -0.3 is 15.5 Å². The van der Waals surface area contributed by atoms with Crippen LogP contribution in [0.2, 0.25) is 0 Å². The van der Waals surface area contributed by atoms with Gasteiger partial charge in [-0.25, -0.2) is 4.39 Å². The van der Waals surface area contributed by atoms with Gasteiger partial charge in [0.15, 0.2) is 0 Å². The van der Waals surface area contributed by atoms with Crippen LogP contribution < -0.4 is 15.5 Å². The smallest absolute Gasteiger partial charge is 0.246 e. The number of para-hydroxylation sites is 1. The minimum absolute atomic E-state index is 0.196. The van der Waals surface area contributed by atoms with E-state index in [0.29, 0.717) is 0 Å². The van der Waals surface area contributed by atoms with Crippen molar-refractivity contribution in [1.29, 1.82) is 0 Å². The maximum atomic E-state index is 13.6. The van der Waals surface area contributed by atoms with E-state index in [1.807, 2.05) is 12.1 Å². The Morgan fingerprint density at radius 2 is 1.72 bits per heavy atom. The summed E-state index contributed by atoms with van der Waals surface area (Å²) in [5.74, 6) is -0.709. The molecule has 4 nitrogen and oxygen atoms in total. The average molecular weight is 341 g/mol. The van der Waals surface area contributed by atoms with Crippen LogP contribution in [-0.4, -0.2) is 25.0 Å². The molecular weight excluding hydrogens is 317 g/mol. The molecule has 1 atom stereocenters. The number of piperidine rings is 1. The molecule has 1 aliphatic rings. The van der Waals surface area contributed by atoms with E-state index in [4.69, 9.17) is 0 Å². The first kappa shape index (κ1) is 17.3. The zero-order valence-electron chi connectivity index (χ0n) is 14.5. The van der Waals surface area contributed by atoms with Gasteiger partial charge in [0, 0.05) is 24.5 Å². The maximum absolute atomic E-state index is 13.6. The summed E-state index contributed by atoms with van der Waals surface area (Å²) < 4.78 is 13.6. The van der Waals surface area contributed by atoms with Crippen molar-refractivity contribution < 1.29 is 9.18 Å². The third-order valence-electron chi connectivity index (χ3n) is 4.50. The van der Waals surface area contributed by atoms with Crippen LogP contribution in [0.25, 0.3) is 0 Å². The largest absolute Gasteiger partial charge is 0.374 e. The van der Waals surface area contributed by atoms with Gasteiger partial charge in [0.1, 0.15) is 11.9 Å². The number of nitrogens with one attached hydrogen (secondary N) is 2. The van der Waals surface area contributed by atoms with Gasteiger partial charge in [-0.15, -0.1) is 0 Å². The summed E-state index contributed by atoms with van der Waals surface area (Å²) in [5, 5.41) is 5.77. The second-order valence-corrected chi connectivity index (χ2v) is 6.43. The number of nitrogens with zero attached hydrogens (tertiary/aromatic N) is 1. The second kappa shape index (κ2) is 8.01.